The largest absolute Gasteiger partial charge is 0.486 e. The molecular weight excluding hydrogens is 317 g/mol. The number of aromatic nitrogens is 3. The van der Waals surface area contributed by atoms with Gasteiger partial charge in [-0.1, -0.05) is 64.1 Å². The number of ether oxygens (including phenoxy) is 1. The lowest BCUT2D eigenvalue weighted by Gasteiger charge is -2.07. The molecule has 2 aromatic carbocycles. The van der Waals surface area contributed by atoms with Gasteiger partial charge in [0.1, 0.15) is 12.4 Å². The molecule has 0 amide bonds. The first-order valence-corrected chi connectivity index (χ1v) is 8.52. The molecule has 3 aromatic rings. The minimum absolute atomic E-state index is 0.257. The lowest BCUT2D eigenvalue weighted by Crippen LogP contribution is -1.97. The van der Waals surface area contributed by atoms with E-state index in [0.29, 0.717) is 18.3 Å². The maximum Gasteiger partial charge on any atom is 0.181 e. The van der Waals surface area contributed by atoms with E-state index in [1.54, 1.807) is 18.2 Å². The Bertz CT molecular complexity index is 782. The summed E-state index contributed by atoms with van der Waals surface area (Å²) >= 11 is 0. The van der Waals surface area contributed by atoms with Crippen LogP contribution in [0.25, 0.3) is 11.4 Å². The predicted molar refractivity (Wildman–Crippen MR) is 98.0 cm³/mol. The van der Waals surface area contributed by atoms with Crippen molar-refractivity contribution >= 4 is 0 Å². The Hall–Kier alpha value is -2.69. The first kappa shape index (κ1) is 18.6. The summed E-state index contributed by atoms with van der Waals surface area (Å²) in [6.07, 6.45) is 0. The van der Waals surface area contributed by atoms with Crippen LogP contribution in [0.15, 0.2) is 48.5 Å². The molecule has 0 aliphatic rings. The Labute approximate surface area is 148 Å². The maximum atomic E-state index is 13.5. The van der Waals surface area contributed by atoms with Crippen molar-refractivity contribution in [3.63, 3.8) is 0 Å². The number of hydrogen-bond acceptors (Lipinski definition) is 3. The molecule has 25 heavy (non-hydrogen) atoms. The number of hydrogen-bond donors (Lipinski definition) is 1. The molecule has 0 aliphatic carbocycles. The maximum absolute atomic E-state index is 13.5. The summed E-state index contributed by atoms with van der Waals surface area (Å²) in [7, 11) is 0. The Kier molecular flexibility index (Phi) is 6.69. The van der Waals surface area contributed by atoms with Crippen LogP contribution in [-0.4, -0.2) is 15.2 Å². The van der Waals surface area contributed by atoms with Crippen LogP contribution in [-0.2, 0) is 6.61 Å². The Balaban J connectivity index is 0.00000109. The summed E-state index contributed by atoms with van der Waals surface area (Å²) in [5, 5.41) is 7.17. The first-order valence-electron chi connectivity index (χ1n) is 8.52. The van der Waals surface area contributed by atoms with Gasteiger partial charge in [-0.2, -0.15) is 5.10 Å². The lowest BCUT2D eigenvalue weighted by molar-refractivity contribution is 0.290. The number of rotatable bonds is 5. The minimum atomic E-state index is -0.356. The summed E-state index contributed by atoms with van der Waals surface area (Å²) in [5.74, 6) is 1.75. The molecular formula is C20H24FN3O. The van der Waals surface area contributed by atoms with Gasteiger partial charge in [0.15, 0.2) is 17.4 Å². The van der Waals surface area contributed by atoms with Crippen LogP contribution in [0, 0.1) is 5.82 Å². The first-order chi connectivity index (χ1) is 12.1. The van der Waals surface area contributed by atoms with Crippen LogP contribution in [0.3, 0.4) is 0 Å². The highest BCUT2D eigenvalue weighted by molar-refractivity contribution is 5.55. The van der Waals surface area contributed by atoms with Gasteiger partial charge in [0.05, 0.1) is 0 Å². The summed E-state index contributed by atoms with van der Waals surface area (Å²) < 4.78 is 19.0. The van der Waals surface area contributed by atoms with Crippen molar-refractivity contribution < 1.29 is 9.13 Å². The van der Waals surface area contributed by atoms with Gasteiger partial charge in [0.2, 0.25) is 0 Å². The molecule has 1 aromatic heterocycles. The van der Waals surface area contributed by atoms with E-state index >= 15 is 0 Å². The lowest BCUT2D eigenvalue weighted by atomic mass is 10.1. The highest BCUT2D eigenvalue weighted by Gasteiger charge is 2.09. The van der Waals surface area contributed by atoms with Crippen molar-refractivity contribution in [1.82, 2.24) is 15.2 Å². The minimum Gasteiger partial charge on any atom is -0.486 e. The second-order valence-corrected chi connectivity index (χ2v) is 5.61. The van der Waals surface area contributed by atoms with Crippen LogP contribution in [0.4, 0.5) is 4.39 Å². The molecule has 1 heterocycles. The number of nitrogens with one attached hydrogen (secondary N) is 1. The normalized spacial score (nSPS) is 10.3. The third-order valence-corrected chi connectivity index (χ3v) is 3.49. The molecule has 1 N–H and O–H groups in total. The van der Waals surface area contributed by atoms with E-state index in [9.17, 15) is 4.39 Å². The fraction of sp³-hybridized carbons (Fsp3) is 0.300. The van der Waals surface area contributed by atoms with Gasteiger partial charge in [-0.25, -0.2) is 9.37 Å². The Morgan fingerprint density at radius 2 is 1.72 bits per heavy atom. The molecule has 0 saturated heterocycles. The molecule has 132 valence electrons. The van der Waals surface area contributed by atoms with E-state index in [2.05, 4.69) is 29.0 Å². The predicted octanol–water partition coefficient (Wildman–Crippen LogP) is 5.34. The van der Waals surface area contributed by atoms with Crippen molar-refractivity contribution in [3.8, 4) is 17.1 Å². The fourth-order valence-electron chi connectivity index (χ4n) is 2.13. The monoisotopic (exact) mass is 341 g/mol. The van der Waals surface area contributed by atoms with E-state index in [1.165, 1.54) is 6.07 Å². The number of nitrogens with zero attached hydrogens (tertiary/aromatic N) is 2. The number of halogens is 1. The topological polar surface area (TPSA) is 50.8 Å². The van der Waals surface area contributed by atoms with Gasteiger partial charge in [-0.15, -0.1) is 0 Å². The average molecular weight is 341 g/mol. The van der Waals surface area contributed by atoms with E-state index < -0.39 is 0 Å². The number of aromatic amines is 1. The average Bonchev–Trinajstić information content (AvgIpc) is 3.14. The molecule has 0 unspecified atom stereocenters. The second kappa shape index (κ2) is 8.97. The molecule has 0 bridgehead atoms. The van der Waals surface area contributed by atoms with Crippen molar-refractivity contribution in [2.24, 2.45) is 0 Å². The molecule has 0 fully saturated rings. The molecule has 3 rings (SSSR count). The molecule has 0 aliphatic heterocycles. The highest BCUT2D eigenvalue weighted by Crippen LogP contribution is 2.20. The Morgan fingerprint density at radius 1 is 1.04 bits per heavy atom. The van der Waals surface area contributed by atoms with Crippen LogP contribution in [0.1, 0.15) is 45.0 Å². The zero-order valence-corrected chi connectivity index (χ0v) is 15.1. The van der Waals surface area contributed by atoms with Crippen molar-refractivity contribution in [2.45, 2.75) is 40.2 Å². The summed E-state index contributed by atoms with van der Waals surface area (Å²) in [6.45, 7) is 8.44. The third-order valence-electron chi connectivity index (χ3n) is 3.49. The van der Waals surface area contributed by atoms with Crippen molar-refractivity contribution in [2.75, 3.05) is 0 Å². The summed E-state index contributed by atoms with van der Waals surface area (Å²) in [5.41, 5.74) is 1.89. The van der Waals surface area contributed by atoms with E-state index in [4.69, 9.17) is 4.74 Å². The molecule has 0 radical (unpaired) electrons. The van der Waals surface area contributed by atoms with Gasteiger partial charge in [-0.05, 0) is 17.7 Å². The van der Waals surface area contributed by atoms with Crippen LogP contribution < -0.4 is 4.74 Å². The van der Waals surface area contributed by atoms with Gasteiger partial charge in [0.25, 0.3) is 0 Å². The van der Waals surface area contributed by atoms with Gasteiger partial charge >= 0.3 is 0 Å². The van der Waals surface area contributed by atoms with Gasteiger partial charge < -0.3 is 4.74 Å². The summed E-state index contributed by atoms with van der Waals surface area (Å²) in [6, 6.07) is 14.1. The third kappa shape index (κ3) is 4.89. The van der Waals surface area contributed by atoms with E-state index in [-0.39, 0.29) is 11.6 Å². The van der Waals surface area contributed by atoms with Gasteiger partial charge in [-0.3, -0.25) is 5.10 Å². The zero-order valence-electron chi connectivity index (χ0n) is 15.1. The zero-order chi connectivity index (χ0) is 18.2. The Morgan fingerprint density at radius 3 is 2.32 bits per heavy atom. The van der Waals surface area contributed by atoms with Crippen LogP contribution in [0.5, 0.6) is 5.75 Å². The van der Waals surface area contributed by atoms with Crippen LogP contribution >= 0.6 is 0 Å². The highest BCUT2D eigenvalue weighted by atomic mass is 19.1. The van der Waals surface area contributed by atoms with Crippen molar-refractivity contribution in [1.29, 1.82) is 0 Å². The van der Waals surface area contributed by atoms with Crippen molar-refractivity contribution in [3.05, 3.63) is 65.7 Å². The second-order valence-electron chi connectivity index (χ2n) is 5.61. The SMILES string of the molecule is CC.CC(C)c1nc(-c2ccc(COc3ccccc3F)cc2)n[nH]1. The standard InChI is InChI=1S/C18H18FN3O.C2H6/c1-12(2)17-20-18(22-21-17)14-9-7-13(8-10-14)11-23-16-6-4-3-5-15(16)19;1-2/h3-10,12H,11H2,1-2H3,(H,20,21,22);1-2H3. The molecule has 0 spiro atoms. The molecule has 0 atom stereocenters. The number of benzene rings is 2. The van der Waals surface area contributed by atoms with Crippen LogP contribution in [0.2, 0.25) is 0 Å². The smallest absolute Gasteiger partial charge is 0.181 e. The molecule has 5 heteroatoms. The number of H-pyrrole nitrogens is 1. The summed E-state index contributed by atoms with van der Waals surface area (Å²) in [4.78, 5) is 4.47. The molecule has 4 nitrogen and oxygen atoms in total. The van der Waals surface area contributed by atoms with Gasteiger partial charge in [0, 0.05) is 11.5 Å². The quantitative estimate of drug-likeness (QED) is 0.681. The van der Waals surface area contributed by atoms with E-state index in [1.807, 2.05) is 38.1 Å². The van der Waals surface area contributed by atoms with E-state index in [0.717, 1.165) is 17.0 Å². The fourth-order valence-corrected chi connectivity index (χ4v) is 2.13. The molecule has 0 saturated carbocycles. The number of para-hydroxylation sites is 1.